The fourth-order valence-electron chi connectivity index (χ4n) is 2.69. The highest BCUT2D eigenvalue weighted by atomic mass is 32.1. The van der Waals surface area contributed by atoms with E-state index in [1.165, 1.54) is 18.3 Å². The van der Waals surface area contributed by atoms with Gasteiger partial charge in [0.05, 0.1) is 0 Å². The van der Waals surface area contributed by atoms with Crippen LogP contribution in [0.3, 0.4) is 0 Å². The highest BCUT2D eigenvalue weighted by Crippen LogP contribution is 2.26. The number of likely N-dealkylation sites (tertiary alicyclic amines) is 1. The SMILES string of the molecule is CCc1nc([C@H]2CCCN(C(=O)c3csc(NC(C)=O)n3)C2)no1. The number of aromatic nitrogens is 3. The number of nitrogens with zero attached hydrogens (tertiary/aromatic N) is 4. The Morgan fingerprint density at radius 2 is 2.29 bits per heavy atom. The zero-order valence-corrected chi connectivity index (χ0v) is 14.4. The first-order chi connectivity index (χ1) is 11.6. The zero-order chi connectivity index (χ0) is 17.1. The molecular formula is C15H19N5O3S. The maximum Gasteiger partial charge on any atom is 0.273 e. The van der Waals surface area contributed by atoms with Crippen molar-refractivity contribution in [1.29, 1.82) is 0 Å². The minimum Gasteiger partial charge on any atom is -0.339 e. The lowest BCUT2D eigenvalue weighted by Crippen LogP contribution is -2.39. The van der Waals surface area contributed by atoms with Crippen molar-refractivity contribution in [2.24, 2.45) is 0 Å². The Morgan fingerprint density at radius 1 is 1.46 bits per heavy atom. The molecule has 2 amide bonds. The van der Waals surface area contributed by atoms with Gasteiger partial charge in [0.25, 0.3) is 5.91 Å². The Kier molecular flexibility index (Phi) is 4.89. The quantitative estimate of drug-likeness (QED) is 0.907. The summed E-state index contributed by atoms with van der Waals surface area (Å²) in [5.74, 6) is 1.03. The van der Waals surface area contributed by atoms with Gasteiger partial charge in [-0.25, -0.2) is 4.98 Å². The molecule has 9 heteroatoms. The second-order valence-corrected chi connectivity index (χ2v) is 6.57. The summed E-state index contributed by atoms with van der Waals surface area (Å²) in [5, 5.41) is 8.72. The van der Waals surface area contributed by atoms with E-state index in [1.807, 2.05) is 6.92 Å². The first-order valence-corrected chi connectivity index (χ1v) is 8.79. The summed E-state index contributed by atoms with van der Waals surface area (Å²) < 4.78 is 5.17. The molecule has 0 bridgehead atoms. The van der Waals surface area contributed by atoms with E-state index in [4.69, 9.17) is 4.52 Å². The Hall–Kier alpha value is -2.29. The number of amides is 2. The molecule has 0 unspecified atom stereocenters. The molecule has 128 valence electrons. The summed E-state index contributed by atoms with van der Waals surface area (Å²) in [5.41, 5.74) is 0.353. The fraction of sp³-hybridized carbons (Fsp3) is 0.533. The second-order valence-electron chi connectivity index (χ2n) is 5.71. The molecule has 1 atom stereocenters. The predicted molar refractivity (Wildman–Crippen MR) is 88.0 cm³/mol. The van der Waals surface area contributed by atoms with Crippen molar-refractivity contribution < 1.29 is 14.1 Å². The summed E-state index contributed by atoms with van der Waals surface area (Å²) in [4.78, 5) is 34.0. The average molecular weight is 349 g/mol. The largest absolute Gasteiger partial charge is 0.339 e. The van der Waals surface area contributed by atoms with Crippen molar-refractivity contribution in [3.8, 4) is 0 Å². The van der Waals surface area contributed by atoms with Crippen LogP contribution in [0.4, 0.5) is 5.13 Å². The highest BCUT2D eigenvalue weighted by Gasteiger charge is 2.29. The van der Waals surface area contributed by atoms with Crippen LogP contribution < -0.4 is 5.32 Å². The smallest absolute Gasteiger partial charge is 0.273 e. The molecule has 3 rings (SSSR count). The van der Waals surface area contributed by atoms with E-state index in [0.717, 1.165) is 12.8 Å². The molecule has 0 spiro atoms. The molecule has 24 heavy (non-hydrogen) atoms. The molecule has 8 nitrogen and oxygen atoms in total. The van der Waals surface area contributed by atoms with Crippen LogP contribution in [-0.4, -0.2) is 44.9 Å². The summed E-state index contributed by atoms with van der Waals surface area (Å²) in [6, 6.07) is 0. The molecule has 2 aromatic heterocycles. The van der Waals surface area contributed by atoms with Crippen molar-refractivity contribution in [2.45, 2.75) is 39.0 Å². The molecule has 0 aliphatic carbocycles. The number of rotatable bonds is 4. The Morgan fingerprint density at radius 3 is 3.00 bits per heavy atom. The molecule has 0 radical (unpaired) electrons. The van der Waals surface area contributed by atoms with E-state index in [-0.39, 0.29) is 17.7 Å². The second kappa shape index (κ2) is 7.08. The van der Waals surface area contributed by atoms with Gasteiger partial charge in [-0.2, -0.15) is 4.98 Å². The van der Waals surface area contributed by atoms with Crippen LogP contribution in [0.1, 0.15) is 54.8 Å². The minimum absolute atomic E-state index is 0.0835. The molecule has 1 aliphatic rings. The van der Waals surface area contributed by atoms with E-state index in [0.29, 0.717) is 42.1 Å². The molecule has 0 aromatic carbocycles. The summed E-state index contributed by atoms with van der Waals surface area (Å²) in [6.07, 6.45) is 2.52. The van der Waals surface area contributed by atoms with Crippen molar-refractivity contribution in [1.82, 2.24) is 20.0 Å². The molecule has 1 saturated heterocycles. The van der Waals surface area contributed by atoms with E-state index in [9.17, 15) is 9.59 Å². The van der Waals surface area contributed by atoms with Crippen LogP contribution in [-0.2, 0) is 11.2 Å². The summed E-state index contributed by atoms with van der Waals surface area (Å²) >= 11 is 1.24. The van der Waals surface area contributed by atoms with Crippen LogP contribution in [0, 0.1) is 0 Å². The average Bonchev–Trinajstić information content (AvgIpc) is 3.23. The Balaban J connectivity index is 1.68. The van der Waals surface area contributed by atoms with Gasteiger partial charge in [0, 0.05) is 37.7 Å². The molecule has 3 heterocycles. The highest BCUT2D eigenvalue weighted by molar-refractivity contribution is 7.14. The van der Waals surface area contributed by atoms with Crippen molar-refractivity contribution in [2.75, 3.05) is 18.4 Å². The van der Waals surface area contributed by atoms with Crippen molar-refractivity contribution >= 4 is 28.3 Å². The topological polar surface area (TPSA) is 101 Å². The van der Waals surface area contributed by atoms with Gasteiger partial charge in [-0.1, -0.05) is 12.1 Å². The molecule has 1 N–H and O–H groups in total. The third-order valence-corrected chi connectivity index (χ3v) is 4.62. The molecule has 1 fully saturated rings. The monoisotopic (exact) mass is 349 g/mol. The van der Waals surface area contributed by atoms with Crippen LogP contribution in [0.25, 0.3) is 0 Å². The van der Waals surface area contributed by atoms with Gasteiger partial charge in [0.15, 0.2) is 11.0 Å². The normalized spacial score (nSPS) is 17.8. The van der Waals surface area contributed by atoms with Gasteiger partial charge in [-0.05, 0) is 12.8 Å². The first-order valence-electron chi connectivity index (χ1n) is 7.91. The lowest BCUT2D eigenvalue weighted by Gasteiger charge is -2.30. The molecule has 1 aliphatic heterocycles. The Labute approximate surface area is 143 Å². The number of aryl methyl sites for hydroxylation is 1. The lowest BCUT2D eigenvalue weighted by atomic mass is 9.97. The van der Waals surface area contributed by atoms with Crippen LogP contribution in [0.5, 0.6) is 0 Å². The summed E-state index contributed by atoms with van der Waals surface area (Å²) in [7, 11) is 0. The number of nitrogens with one attached hydrogen (secondary N) is 1. The van der Waals surface area contributed by atoms with Gasteiger partial charge in [-0.3, -0.25) is 9.59 Å². The maximum atomic E-state index is 12.6. The van der Waals surface area contributed by atoms with Crippen molar-refractivity contribution in [3.05, 3.63) is 22.8 Å². The molecular weight excluding hydrogens is 330 g/mol. The first kappa shape index (κ1) is 16.6. The van der Waals surface area contributed by atoms with Crippen molar-refractivity contribution in [3.63, 3.8) is 0 Å². The number of thiazole rings is 1. The maximum absolute atomic E-state index is 12.6. The van der Waals surface area contributed by atoms with E-state index < -0.39 is 0 Å². The van der Waals surface area contributed by atoms with E-state index >= 15 is 0 Å². The van der Waals surface area contributed by atoms with E-state index in [2.05, 4.69) is 20.4 Å². The number of anilines is 1. The van der Waals surface area contributed by atoms with E-state index in [1.54, 1.807) is 10.3 Å². The number of hydrogen-bond acceptors (Lipinski definition) is 7. The van der Waals surface area contributed by atoms with Gasteiger partial charge < -0.3 is 14.7 Å². The van der Waals surface area contributed by atoms with Crippen LogP contribution in [0.2, 0.25) is 0 Å². The standard InChI is InChI=1S/C15H19N5O3S/c1-3-12-18-13(19-23-12)10-5-4-6-20(7-10)14(22)11-8-24-15(17-11)16-9(2)21/h8,10H,3-7H2,1-2H3,(H,16,17,21)/t10-/m0/s1. The van der Waals surface area contributed by atoms with Gasteiger partial charge in [0.2, 0.25) is 11.8 Å². The third-order valence-electron chi connectivity index (χ3n) is 3.87. The summed E-state index contributed by atoms with van der Waals surface area (Å²) in [6.45, 7) is 4.60. The molecule has 2 aromatic rings. The fourth-order valence-corrected chi connectivity index (χ4v) is 3.42. The van der Waals surface area contributed by atoms with Gasteiger partial charge in [0.1, 0.15) is 5.69 Å². The number of hydrogen-bond donors (Lipinski definition) is 1. The lowest BCUT2D eigenvalue weighted by molar-refractivity contribution is -0.114. The molecule has 0 saturated carbocycles. The minimum atomic E-state index is -0.203. The number of carbonyl (C=O) groups excluding carboxylic acids is 2. The number of piperidine rings is 1. The van der Waals surface area contributed by atoms with Crippen LogP contribution >= 0.6 is 11.3 Å². The third kappa shape index (κ3) is 3.61. The zero-order valence-electron chi connectivity index (χ0n) is 13.6. The number of carbonyl (C=O) groups is 2. The Bertz CT molecular complexity index is 741. The van der Waals surface area contributed by atoms with Crippen LogP contribution in [0.15, 0.2) is 9.90 Å². The predicted octanol–water partition coefficient (Wildman–Crippen LogP) is 2.07. The van der Waals surface area contributed by atoms with Gasteiger partial charge in [-0.15, -0.1) is 11.3 Å². The van der Waals surface area contributed by atoms with Gasteiger partial charge >= 0.3 is 0 Å².